The third-order valence-corrected chi connectivity index (χ3v) is 4.38. The Hall–Kier alpha value is -2.08. The first-order valence-corrected chi connectivity index (χ1v) is 8.69. The molecule has 0 unspecified atom stereocenters. The number of fused-ring (bicyclic) bond motifs is 1. The Morgan fingerprint density at radius 3 is 2.60 bits per heavy atom. The first-order valence-electron chi connectivity index (χ1n) is 7.93. The van der Waals surface area contributed by atoms with Gasteiger partial charge in [-0.15, -0.1) is 0 Å². The van der Waals surface area contributed by atoms with Crippen molar-refractivity contribution in [2.45, 2.75) is 19.4 Å². The first kappa shape index (κ1) is 17.7. The lowest BCUT2D eigenvalue weighted by Gasteiger charge is -2.14. The number of hydrogen-bond acceptors (Lipinski definition) is 5. The molecule has 0 aliphatic rings. The summed E-state index contributed by atoms with van der Waals surface area (Å²) in [6.07, 6.45) is 0.846. The van der Waals surface area contributed by atoms with Crippen LogP contribution in [0, 0.1) is 0 Å². The molecule has 0 bridgehead atoms. The lowest BCUT2D eigenvalue weighted by molar-refractivity contribution is 0.477. The van der Waals surface area contributed by atoms with Gasteiger partial charge >= 0.3 is 0 Å². The number of nitrogens with one attached hydrogen (secondary N) is 1. The summed E-state index contributed by atoms with van der Waals surface area (Å²) in [6, 6.07) is 10.2. The second kappa shape index (κ2) is 7.44. The summed E-state index contributed by atoms with van der Waals surface area (Å²) in [4.78, 5) is 9.10. The molecule has 0 aliphatic carbocycles. The Morgan fingerprint density at radius 2 is 1.84 bits per heavy atom. The molecule has 0 saturated carbocycles. The highest BCUT2D eigenvalue weighted by Gasteiger charge is 2.14. The fraction of sp³-hybridized carbons (Fsp3) is 0.222. The number of phenolic OH excluding ortho intramolecular Hbond substituents is 1. The largest absolute Gasteiger partial charge is 0.507 e. The lowest BCUT2D eigenvalue weighted by Crippen LogP contribution is -2.28. The molecule has 0 aliphatic heterocycles. The Kier molecular flexibility index (Phi) is 5.27. The van der Waals surface area contributed by atoms with Crippen LogP contribution >= 0.6 is 23.2 Å². The fourth-order valence-electron chi connectivity index (χ4n) is 2.42. The van der Waals surface area contributed by atoms with Crippen LogP contribution in [0.5, 0.6) is 5.75 Å². The number of aromatic nitrogens is 2. The van der Waals surface area contributed by atoms with Crippen LogP contribution in [0.2, 0.25) is 10.0 Å². The molecule has 4 N–H and O–H groups in total. The van der Waals surface area contributed by atoms with Gasteiger partial charge in [-0.05, 0) is 42.8 Å². The zero-order chi connectivity index (χ0) is 18.0. The summed E-state index contributed by atoms with van der Waals surface area (Å²) in [5.74, 6) is 1.06. The van der Waals surface area contributed by atoms with Gasteiger partial charge in [-0.1, -0.05) is 30.1 Å². The van der Waals surface area contributed by atoms with Crippen LogP contribution in [0.25, 0.3) is 22.3 Å². The van der Waals surface area contributed by atoms with Gasteiger partial charge in [-0.2, -0.15) is 0 Å². The standard InChI is InChI=1S/C18H18Cl2N4O/c1-2-12(21)9-22-17-13-7-10(19)3-5-15(13)23-18(24-17)14-8-11(20)4-6-16(14)25/h3-8,12,25H,2,9,21H2,1H3,(H,22,23,24)/t12-/m0/s1. The molecule has 7 heteroatoms. The molecule has 1 heterocycles. The van der Waals surface area contributed by atoms with Crippen LogP contribution < -0.4 is 11.1 Å². The molecule has 0 radical (unpaired) electrons. The van der Waals surface area contributed by atoms with Crippen LogP contribution in [0.4, 0.5) is 5.82 Å². The molecule has 0 spiro atoms. The first-order chi connectivity index (χ1) is 12.0. The van der Waals surface area contributed by atoms with E-state index in [-0.39, 0.29) is 11.8 Å². The molecule has 1 atom stereocenters. The summed E-state index contributed by atoms with van der Waals surface area (Å²) >= 11 is 12.2. The minimum atomic E-state index is 0.00669. The summed E-state index contributed by atoms with van der Waals surface area (Å²) in [5, 5.41) is 15.3. The maximum Gasteiger partial charge on any atom is 0.165 e. The van der Waals surface area contributed by atoms with Gasteiger partial charge in [-0.25, -0.2) is 9.97 Å². The zero-order valence-electron chi connectivity index (χ0n) is 13.6. The Labute approximate surface area is 155 Å². The van der Waals surface area contributed by atoms with Gasteiger partial charge in [0.1, 0.15) is 11.6 Å². The van der Waals surface area contributed by atoms with E-state index < -0.39 is 0 Å². The van der Waals surface area contributed by atoms with Crippen molar-refractivity contribution in [3.8, 4) is 17.1 Å². The molecule has 3 aromatic rings. The third kappa shape index (κ3) is 3.95. The van der Waals surface area contributed by atoms with Gasteiger partial charge in [0.2, 0.25) is 0 Å². The van der Waals surface area contributed by atoms with Crippen molar-refractivity contribution in [1.29, 1.82) is 0 Å². The van der Waals surface area contributed by atoms with Crippen molar-refractivity contribution in [3.05, 3.63) is 46.4 Å². The van der Waals surface area contributed by atoms with Gasteiger partial charge in [0.25, 0.3) is 0 Å². The summed E-state index contributed by atoms with van der Waals surface area (Å²) in [7, 11) is 0. The lowest BCUT2D eigenvalue weighted by atomic mass is 10.1. The molecular weight excluding hydrogens is 359 g/mol. The molecule has 3 rings (SSSR count). The van der Waals surface area contributed by atoms with Crippen LogP contribution in [0.3, 0.4) is 0 Å². The van der Waals surface area contributed by atoms with Crippen molar-refractivity contribution < 1.29 is 5.11 Å². The van der Waals surface area contributed by atoms with E-state index >= 15 is 0 Å². The maximum absolute atomic E-state index is 10.2. The van der Waals surface area contributed by atoms with Gasteiger partial charge in [0.15, 0.2) is 5.82 Å². The molecule has 5 nitrogen and oxygen atoms in total. The minimum absolute atomic E-state index is 0.00669. The van der Waals surface area contributed by atoms with E-state index in [1.165, 1.54) is 6.07 Å². The minimum Gasteiger partial charge on any atom is -0.507 e. The van der Waals surface area contributed by atoms with Gasteiger partial charge < -0.3 is 16.2 Å². The van der Waals surface area contributed by atoms with Crippen LogP contribution in [0.15, 0.2) is 36.4 Å². The van der Waals surface area contributed by atoms with Crippen molar-refractivity contribution >= 4 is 39.9 Å². The number of nitrogens with zero attached hydrogens (tertiary/aromatic N) is 2. The van der Waals surface area contributed by atoms with Crippen molar-refractivity contribution in [1.82, 2.24) is 9.97 Å². The highest BCUT2D eigenvalue weighted by molar-refractivity contribution is 6.31. The number of halogens is 2. The number of nitrogens with two attached hydrogens (primary N) is 1. The second-order valence-electron chi connectivity index (χ2n) is 5.77. The van der Waals surface area contributed by atoms with E-state index in [0.29, 0.717) is 39.3 Å². The fourth-order valence-corrected chi connectivity index (χ4v) is 2.76. The summed E-state index contributed by atoms with van der Waals surface area (Å²) in [6.45, 7) is 2.59. The molecule has 2 aromatic carbocycles. The van der Waals surface area contributed by atoms with E-state index in [9.17, 15) is 5.11 Å². The van der Waals surface area contributed by atoms with Gasteiger partial charge in [-0.3, -0.25) is 0 Å². The smallest absolute Gasteiger partial charge is 0.165 e. The van der Waals surface area contributed by atoms with Gasteiger partial charge in [0.05, 0.1) is 11.1 Å². The normalized spacial score (nSPS) is 12.3. The number of phenols is 1. The Bertz CT molecular complexity index is 917. The quantitative estimate of drug-likeness (QED) is 0.612. The topological polar surface area (TPSA) is 84.1 Å². The average Bonchev–Trinajstić information content (AvgIpc) is 2.61. The van der Waals surface area contributed by atoms with E-state index in [0.717, 1.165) is 11.8 Å². The Balaban J connectivity index is 2.14. The van der Waals surface area contributed by atoms with Crippen molar-refractivity contribution in [3.63, 3.8) is 0 Å². The average molecular weight is 377 g/mol. The van der Waals surface area contributed by atoms with E-state index in [1.54, 1.807) is 24.3 Å². The second-order valence-corrected chi connectivity index (χ2v) is 6.64. The number of anilines is 1. The summed E-state index contributed by atoms with van der Waals surface area (Å²) < 4.78 is 0. The highest BCUT2D eigenvalue weighted by Crippen LogP contribution is 2.33. The van der Waals surface area contributed by atoms with Crippen LogP contribution in [-0.4, -0.2) is 27.7 Å². The molecule has 0 saturated heterocycles. The number of benzene rings is 2. The molecule has 0 fully saturated rings. The molecule has 1 aromatic heterocycles. The summed E-state index contributed by atoms with van der Waals surface area (Å²) in [5.41, 5.74) is 7.17. The maximum atomic E-state index is 10.2. The van der Waals surface area contributed by atoms with Crippen LogP contribution in [0.1, 0.15) is 13.3 Å². The predicted octanol–water partition coefficient (Wildman–Crippen LogP) is 4.46. The SMILES string of the molecule is CC[C@H](N)CNc1nc(-c2cc(Cl)ccc2O)nc2ccc(Cl)cc12. The van der Waals surface area contributed by atoms with Crippen LogP contribution in [-0.2, 0) is 0 Å². The van der Waals surface area contributed by atoms with E-state index in [4.69, 9.17) is 28.9 Å². The number of hydrogen-bond donors (Lipinski definition) is 3. The third-order valence-electron chi connectivity index (χ3n) is 3.91. The van der Waals surface area contributed by atoms with Crippen molar-refractivity contribution in [2.75, 3.05) is 11.9 Å². The van der Waals surface area contributed by atoms with E-state index in [1.807, 2.05) is 13.0 Å². The van der Waals surface area contributed by atoms with Gasteiger partial charge in [0, 0.05) is 28.0 Å². The molecule has 130 valence electrons. The Morgan fingerprint density at radius 1 is 1.12 bits per heavy atom. The highest BCUT2D eigenvalue weighted by atomic mass is 35.5. The van der Waals surface area contributed by atoms with Crippen molar-refractivity contribution in [2.24, 2.45) is 5.73 Å². The molecule has 25 heavy (non-hydrogen) atoms. The zero-order valence-corrected chi connectivity index (χ0v) is 15.1. The van der Waals surface area contributed by atoms with E-state index in [2.05, 4.69) is 15.3 Å². The number of aromatic hydroxyl groups is 1. The number of rotatable bonds is 5. The predicted molar refractivity (Wildman–Crippen MR) is 103 cm³/mol. The monoisotopic (exact) mass is 376 g/mol. The molecule has 0 amide bonds. The molecular formula is C18H18Cl2N4O.